The standard InChI is InChI=1S/C18H34O3/c1-2-3-4-5-8-11-14-17(19)15-12-9-6-7-10-13-16-18(20)21/h13,16-17,19H,2-12,14-15H2,1H3,(H,20,21)/b16-13+. The molecule has 0 aliphatic carbocycles. The molecule has 0 aliphatic heterocycles. The van der Waals surface area contributed by atoms with E-state index in [-0.39, 0.29) is 6.10 Å². The first-order valence-corrected chi connectivity index (χ1v) is 8.74. The molecule has 0 aromatic carbocycles. The molecule has 0 heterocycles. The summed E-state index contributed by atoms with van der Waals surface area (Å²) in [6, 6.07) is 0. The molecule has 0 amide bonds. The average molecular weight is 298 g/mol. The minimum Gasteiger partial charge on any atom is -0.478 e. The second kappa shape index (κ2) is 15.6. The Hall–Kier alpha value is -0.830. The molecule has 21 heavy (non-hydrogen) atoms. The quantitative estimate of drug-likeness (QED) is 0.327. The van der Waals surface area contributed by atoms with Gasteiger partial charge in [0.2, 0.25) is 0 Å². The van der Waals surface area contributed by atoms with Gasteiger partial charge in [-0.3, -0.25) is 0 Å². The van der Waals surface area contributed by atoms with Crippen LogP contribution < -0.4 is 0 Å². The van der Waals surface area contributed by atoms with Crippen LogP contribution in [0.25, 0.3) is 0 Å². The van der Waals surface area contributed by atoms with Gasteiger partial charge in [0.15, 0.2) is 0 Å². The molecule has 3 heteroatoms. The summed E-state index contributed by atoms with van der Waals surface area (Å²) in [6.07, 6.45) is 17.6. The van der Waals surface area contributed by atoms with Gasteiger partial charge in [0, 0.05) is 6.08 Å². The van der Waals surface area contributed by atoms with Crippen molar-refractivity contribution >= 4 is 5.97 Å². The van der Waals surface area contributed by atoms with E-state index in [1.165, 1.54) is 38.2 Å². The number of allylic oxidation sites excluding steroid dienone is 1. The Balaban J connectivity index is 3.22. The zero-order chi connectivity index (χ0) is 15.8. The fourth-order valence-corrected chi connectivity index (χ4v) is 2.48. The van der Waals surface area contributed by atoms with E-state index in [1.54, 1.807) is 6.08 Å². The number of aliphatic carboxylic acids is 1. The smallest absolute Gasteiger partial charge is 0.327 e. The van der Waals surface area contributed by atoms with Gasteiger partial charge >= 0.3 is 5.97 Å². The number of hydrogen-bond acceptors (Lipinski definition) is 2. The van der Waals surface area contributed by atoms with Crippen molar-refractivity contribution < 1.29 is 15.0 Å². The lowest BCUT2D eigenvalue weighted by molar-refractivity contribution is -0.131. The highest BCUT2D eigenvalue weighted by Gasteiger charge is 2.03. The summed E-state index contributed by atoms with van der Waals surface area (Å²) >= 11 is 0. The molecule has 0 saturated heterocycles. The van der Waals surface area contributed by atoms with E-state index in [0.29, 0.717) is 0 Å². The minimum atomic E-state index is -0.868. The van der Waals surface area contributed by atoms with E-state index >= 15 is 0 Å². The van der Waals surface area contributed by atoms with Gasteiger partial charge in [-0.2, -0.15) is 0 Å². The molecule has 0 aromatic rings. The highest BCUT2D eigenvalue weighted by molar-refractivity contribution is 5.79. The van der Waals surface area contributed by atoms with E-state index in [2.05, 4.69) is 6.92 Å². The Bertz CT molecular complexity index is 261. The molecule has 0 bridgehead atoms. The van der Waals surface area contributed by atoms with Gasteiger partial charge in [0.25, 0.3) is 0 Å². The second-order valence-electron chi connectivity index (χ2n) is 5.94. The van der Waals surface area contributed by atoms with Crippen molar-refractivity contribution in [2.24, 2.45) is 0 Å². The zero-order valence-electron chi connectivity index (χ0n) is 13.7. The molecule has 0 radical (unpaired) electrons. The van der Waals surface area contributed by atoms with Crippen LogP contribution in [0.15, 0.2) is 12.2 Å². The number of aliphatic hydroxyl groups is 1. The molecule has 0 aromatic heterocycles. The van der Waals surface area contributed by atoms with Gasteiger partial charge in [0.1, 0.15) is 0 Å². The first kappa shape index (κ1) is 20.2. The SMILES string of the molecule is CCCCCCCCC(O)CCCCCC/C=C/C(=O)O. The number of rotatable bonds is 15. The predicted octanol–water partition coefficient (Wildman–Crippen LogP) is 5.08. The second-order valence-corrected chi connectivity index (χ2v) is 5.94. The lowest BCUT2D eigenvalue weighted by Gasteiger charge is -2.10. The third-order valence-corrected chi connectivity index (χ3v) is 3.81. The van der Waals surface area contributed by atoms with Crippen LogP contribution in [0.5, 0.6) is 0 Å². The third kappa shape index (κ3) is 17.1. The Labute approximate surface area is 130 Å². The lowest BCUT2D eigenvalue weighted by Crippen LogP contribution is -2.05. The normalized spacial score (nSPS) is 12.9. The summed E-state index contributed by atoms with van der Waals surface area (Å²) in [6.45, 7) is 2.23. The highest BCUT2D eigenvalue weighted by atomic mass is 16.4. The maximum Gasteiger partial charge on any atom is 0.327 e. The number of hydrogen-bond donors (Lipinski definition) is 2. The number of aliphatic hydroxyl groups excluding tert-OH is 1. The summed E-state index contributed by atoms with van der Waals surface area (Å²) in [7, 11) is 0. The highest BCUT2D eigenvalue weighted by Crippen LogP contribution is 2.13. The molecule has 0 spiro atoms. The van der Waals surface area contributed by atoms with Crippen LogP contribution in [0.1, 0.15) is 90.4 Å². The first-order chi connectivity index (χ1) is 10.2. The predicted molar refractivity (Wildman–Crippen MR) is 88.5 cm³/mol. The van der Waals surface area contributed by atoms with Crippen LogP contribution in [0, 0.1) is 0 Å². The Morgan fingerprint density at radius 3 is 2.00 bits per heavy atom. The first-order valence-electron chi connectivity index (χ1n) is 8.74. The van der Waals surface area contributed by atoms with Crippen LogP contribution in [0.4, 0.5) is 0 Å². The summed E-state index contributed by atoms with van der Waals surface area (Å²) in [4.78, 5) is 10.3. The Morgan fingerprint density at radius 2 is 1.43 bits per heavy atom. The van der Waals surface area contributed by atoms with Crippen molar-refractivity contribution in [3.63, 3.8) is 0 Å². The van der Waals surface area contributed by atoms with Gasteiger partial charge in [-0.15, -0.1) is 0 Å². The molecule has 1 atom stereocenters. The Morgan fingerprint density at radius 1 is 0.905 bits per heavy atom. The maximum absolute atomic E-state index is 10.3. The number of carboxylic acid groups (broad SMARTS) is 1. The monoisotopic (exact) mass is 298 g/mol. The van der Waals surface area contributed by atoms with Crippen LogP contribution in [0.3, 0.4) is 0 Å². The van der Waals surface area contributed by atoms with Crippen molar-refractivity contribution in [1.29, 1.82) is 0 Å². The van der Waals surface area contributed by atoms with Crippen LogP contribution in [-0.4, -0.2) is 22.3 Å². The van der Waals surface area contributed by atoms with Crippen molar-refractivity contribution in [1.82, 2.24) is 0 Å². The molecule has 2 N–H and O–H groups in total. The van der Waals surface area contributed by atoms with Crippen LogP contribution in [-0.2, 0) is 4.79 Å². The third-order valence-electron chi connectivity index (χ3n) is 3.81. The topological polar surface area (TPSA) is 57.5 Å². The van der Waals surface area contributed by atoms with E-state index in [9.17, 15) is 9.90 Å². The lowest BCUT2D eigenvalue weighted by atomic mass is 10.0. The van der Waals surface area contributed by atoms with Crippen LogP contribution >= 0.6 is 0 Å². The van der Waals surface area contributed by atoms with E-state index in [1.807, 2.05) is 0 Å². The molecule has 0 aliphatic rings. The fourth-order valence-electron chi connectivity index (χ4n) is 2.48. The summed E-state index contributed by atoms with van der Waals surface area (Å²) in [5.41, 5.74) is 0. The average Bonchev–Trinajstić information content (AvgIpc) is 2.45. The number of unbranched alkanes of at least 4 members (excludes halogenated alkanes) is 9. The van der Waals surface area contributed by atoms with Gasteiger partial charge in [-0.05, 0) is 25.7 Å². The molecule has 3 nitrogen and oxygen atoms in total. The minimum absolute atomic E-state index is 0.122. The van der Waals surface area contributed by atoms with Crippen molar-refractivity contribution in [3.8, 4) is 0 Å². The molecule has 1 unspecified atom stereocenters. The molecule has 0 fully saturated rings. The maximum atomic E-state index is 10.3. The molecule has 0 rings (SSSR count). The van der Waals surface area contributed by atoms with Gasteiger partial charge < -0.3 is 10.2 Å². The van der Waals surface area contributed by atoms with E-state index in [0.717, 1.165) is 51.4 Å². The largest absolute Gasteiger partial charge is 0.478 e. The molecule has 0 saturated carbocycles. The van der Waals surface area contributed by atoms with Crippen molar-refractivity contribution in [2.75, 3.05) is 0 Å². The summed E-state index contributed by atoms with van der Waals surface area (Å²) in [5.74, 6) is -0.868. The molecular weight excluding hydrogens is 264 g/mol. The van der Waals surface area contributed by atoms with Crippen molar-refractivity contribution in [3.05, 3.63) is 12.2 Å². The molecule has 124 valence electrons. The number of carbonyl (C=O) groups is 1. The van der Waals surface area contributed by atoms with Gasteiger partial charge in [-0.25, -0.2) is 4.79 Å². The van der Waals surface area contributed by atoms with Crippen molar-refractivity contribution in [2.45, 2.75) is 96.5 Å². The summed E-state index contributed by atoms with van der Waals surface area (Å²) in [5, 5.41) is 18.3. The fraction of sp³-hybridized carbons (Fsp3) is 0.833. The zero-order valence-corrected chi connectivity index (χ0v) is 13.7. The van der Waals surface area contributed by atoms with E-state index in [4.69, 9.17) is 5.11 Å². The molecular formula is C18H34O3. The van der Waals surface area contributed by atoms with Gasteiger partial charge in [0.05, 0.1) is 6.10 Å². The van der Waals surface area contributed by atoms with E-state index < -0.39 is 5.97 Å². The van der Waals surface area contributed by atoms with Crippen LogP contribution in [0.2, 0.25) is 0 Å². The summed E-state index contributed by atoms with van der Waals surface area (Å²) < 4.78 is 0. The Kier molecular flexibility index (Phi) is 14.9. The number of carboxylic acids is 1. The van der Waals surface area contributed by atoms with Gasteiger partial charge in [-0.1, -0.05) is 70.8 Å².